The van der Waals surface area contributed by atoms with Crippen molar-refractivity contribution in [2.45, 2.75) is 18.9 Å². The normalized spacial score (nSPS) is 18.2. The molecule has 1 fully saturated rings. The van der Waals surface area contributed by atoms with Crippen molar-refractivity contribution in [2.75, 3.05) is 31.8 Å². The molecule has 0 radical (unpaired) electrons. The number of anilines is 1. The van der Waals surface area contributed by atoms with Gasteiger partial charge in [-0.05, 0) is 36.5 Å². The van der Waals surface area contributed by atoms with Crippen LogP contribution in [0.3, 0.4) is 0 Å². The second kappa shape index (κ2) is 6.51. The second-order valence-corrected chi connectivity index (χ2v) is 5.91. The van der Waals surface area contributed by atoms with Crippen molar-refractivity contribution in [3.8, 4) is 0 Å². The van der Waals surface area contributed by atoms with Crippen LogP contribution < -0.4 is 4.90 Å². The topological polar surface area (TPSA) is 51.7 Å². The molecule has 1 unspecified atom stereocenters. The van der Waals surface area contributed by atoms with Crippen LogP contribution in [0.2, 0.25) is 0 Å². The van der Waals surface area contributed by atoms with E-state index >= 15 is 0 Å². The van der Waals surface area contributed by atoms with Crippen LogP contribution in [0.25, 0.3) is 10.1 Å². The van der Waals surface area contributed by atoms with E-state index in [0.29, 0.717) is 12.4 Å². The van der Waals surface area contributed by atoms with Gasteiger partial charge >= 0.3 is 0 Å². The third-order valence-electron chi connectivity index (χ3n) is 3.60. The molecular weight excluding hydrogens is 288 g/mol. The van der Waals surface area contributed by atoms with Gasteiger partial charge < -0.3 is 9.47 Å². The first kappa shape index (κ1) is 14.4. The zero-order chi connectivity index (χ0) is 14.7. The fourth-order valence-electron chi connectivity index (χ4n) is 2.38. The van der Waals surface area contributed by atoms with Crippen molar-refractivity contribution < 1.29 is 14.3 Å². The van der Waals surface area contributed by atoms with Crippen LogP contribution in [0.4, 0.5) is 5.82 Å². The molecule has 112 valence electrons. The van der Waals surface area contributed by atoms with Gasteiger partial charge in [-0.15, -0.1) is 0 Å². The lowest BCUT2D eigenvalue weighted by atomic mass is 10.2. The molecule has 0 aliphatic carbocycles. The number of fused-ring (bicyclic) bond motifs is 1. The largest absolute Gasteiger partial charge is 0.376 e. The average Bonchev–Trinajstić information content (AvgIpc) is 3.15. The van der Waals surface area contributed by atoms with Crippen LogP contribution in [-0.4, -0.2) is 43.3 Å². The van der Waals surface area contributed by atoms with Gasteiger partial charge in [0.15, 0.2) is 5.82 Å². The van der Waals surface area contributed by atoms with Crippen LogP contribution >= 0.6 is 11.5 Å². The Bertz CT molecular complexity index is 622. The van der Waals surface area contributed by atoms with Gasteiger partial charge in [0.25, 0.3) is 5.91 Å². The molecule has 2 heterocycles. The molecule has 1 amide bonds. The highest BCUT2D eigenvalue weighted by Crippen LogP contribution is 2.28. The fourth-order valence-corrected chi connectivity index (χ4v) is 3.19. The summed E-state index contributed by atoms with van der Waals surface area (Å²) in [5, 5.41) is 0.998. The minimum Gasteiger partial charge on any atom is -0.376 e. The van der Waals surface area contributed by atoms with Crippen LogP contribution in [0.15, 0.2) is 24.3 Å². The molecule has 0 saturated carbocycles. The quantitative estimate of drug-likeness (QED) is 0.851. The summed E-state index contributed by atoms with van der Waals surface area (Å²) >= 11 is 1.40. The van der Waals surface area contributed by atoms with Crippen LogP contribution in [-0.2, 0) is 14.3 Å². The van der Waals surface area contributed by atoms with E-state index in [2.05, 4.69) is 4.37 Å². The van der Waals surface area contributed by atoms with E-state index < -0.39 is 0 Å². The summed E-state index contributed by atoms with van der Waals surface area (Å²) in [6.45, 7) is 1.34. The molecule has 0 spiro atoms. The Morgan fingerprint density at radius 3 is 3.19 bits per heavy atom. The Kier molecular flexibility index (Phi) is 4.48. The molecule has 1 aliphatic heterocycles. The van der Waals surface area contributed by atoms with Crippen LogP contribution in [0.1, 0.15) is 12.8 Å². The first-order valence-electron chi connectivity index (χ1n) is 7.06. The fraction of sp³-hybridized carbons (Fsp3) is 0.467. The predicted octanol–water partition coefficient (Wildman–Crippen LogP) is 2.45. The third kappa shape index (κ3) is 3.23. The van der Waals surface area contributed by atoms with Gasteiger partial charge in [-0.25, -0.2) is 0 Å². The monoisotopic (exact) mass is 306 g/mol. The van der Waals surface area contributed by atoms with Gasteiger partial charge in [0.05, 0.1) is 17.4 Å². The lowest BCUT2D eigenvalue weighted by Gasteiger charge is -2.16. The molecule has 1 atom stereocenters. The Morgan fingerprint density at radius 2 is 2.38 bits per heavy atom. The Morgan fingerprint density at radius 1 is 1.52 bits per heavy atom. The summed E-state index contributed by atoms with van der Waals surface area (Å²) in [5.74, 6) is 0.602. The van der Waals surface area contributed by atoms with E-state index in [-0.39, 0.29) is 18.6 Å². The summed E-state index contributed by atoms with van der Waals surface area (Å²) in [5.41, 5.74) is 0. The van der Waals surface area contributed by atoms with Crippen molar-refractivity contribution in [1.82, 2.24) is 4.37 Å². The van der Waals surface area contributed by atoms with Gasteiger partial charge in [0, 0.05) is 19.0 Å². The molecule has 5 nitrogen and oxygen atoms in total. The number of hydrogen-bond acceptors (Lipinski definition) is 5. The lowest BCUT2D eigenvalue weighted by Crippen LogP contribution is -2.31. The van der Waals surface area contributed by atoms with E-state index in [9.17, 15) is 4.79 Å². The molecule has 1 aromatic carbocycles. The molecule has 6 heteroatoms. The number of aromatic nitrogens is 1. The third-order valence-corrected chi connectivity index (χ3v) is 4.42. The molecule has 1 aliphatic rings. The maximum atomic E-state index is 12.2. The maximum Gasteiger partial charge on any atom is 0.253 e. The number of rotatable bonds is 5. The minimum atomic E-state index is -0.0935. The molecule has 0 N–H and O–H groups in total. The predicted molar refractivity (Wildman–Crippen MR) is 82.8 cm³/mol. The Hall–Kier alpha value is -1.50. The Labute approximate surface area is 127 Å². The van der Waals surface area contributed by atoms with E-state index in [4.69, 9.17) is 9.47 Å². The highest BCUT2D eigenvalue weighted by molar-refractivity contribution is 7.13. The molecule has 0 bridgehead atoms. The number of benzene rings is 1. The smallest absolute Gasteiger partial charge is 0.253 e. The second-order valence-electron chi connectivity index (χ2n) is 5.11. The summed E-state index contributed by atoms with van der Waals surface area (Å²) in [4.78, 5) is 13.7. The summed E-state index contributed by atoms with van der Waals surface area (Å²) < 4.78 is 16.4. The maximum absolute atomic E-state index is 12.2. The van der Waals surface area contributed by atoms with Crippen LogP contribution in [0, 0.1) is 0 Å². The number of likely N-dealkylation sites (N-methyl/N-ethyl adjacent to an activating group) is 1. The van der Waals surface area contributed by atoms with Gasteiger partial charge in [0.1, 0.15) is 6.61 Å². The number of nitrogens with zero attached hydrogens (tertiary/aromatic N) is 2. The van der Waals surface area contributed by atoms with E-state index in [1.807, 2.05) is 24.3 Å². The molecular formula is C15H18N2O3S. The van der Waals surface area contributed by atoms with Gasteiger partial charge in [-0.2, -0.15) is 4.37 Å². The molecule has 21 heavy (non-hydrogen) atoms. The minimum absolute atomic E-state index is 0.0578. The number of amides is 1. The van der Waals surface area contributed by atoms with Gasteiger partial charge in [-0.3, -0.25) is 9.69 Å². The van der Waals surface area contributed by atoms with Crippen molar-refractivity contribution in [1.29, 1.82) is 0 Å². The highest BCUT2D eigenvalue weighted by Gasteiger charge is 2.19. The zero-order valence-corrected chi connectivity index (χ0v) is 12.8. The first-order chi connectivity index (χ1) is 10.3. The summed E-state index contributed by atoms with van der Waals surface area (Å²) in [6.07, 6.45) is 2.23. The van der Waals surface area contributed by atoms with Gasteiger partial charge in [0.2, 0.25) is 0 Å². The molecule has 3 rings (SSSR count). The highest BCUT2D eigenvalue weighted by atomic mass is 32.1. The Balaban J connectivity index is 1.58. The van der Waals surface area contributed by atoms with E-state index in [1.165, 1.54) is 11.5 Å². The van der Waals surface area contributed by atoms with Crippen LogP contribution in [0.5, 0.6) is 0 Å². The lowest BCUT2D eigenvalue weighted by molar-refractivity contribution is -0.123. The van der Waals surface area contributed by atoms with Crippen molar-refractivity contribution >= 4 is 33.3 Å². The number of carbonyl (C=O) groups excluding carboxylic acids is 1. The van der Waals surface area contributed by atoms with Crippen molar-refractivity contribution in [3.63, 3.8) is 0 Å². The number of ether oxygens (including phenoxy) is 2. The molecule has 1 aromatic heterocycles. The first-order valence-corrected chi connectivity index (χ1v) is 7.83. The van der Waals surface area contributed by atoms with Crippen molar-refractivity contribution in [2.24, 2.45) is 0 Å². The molecule has 1 saturated heterocycles. The molecule has 2 aromatic rings. The zero-order valence-electron chi connectivity index (χ0n) is 11.9. The SMILES string of the molecule is CN(C(=O)COCC1CCCO1)c1nsc2ccccc12. The van der Waals surface area contributed by atoms with E-state index in [0.717, 1.165) is 29.5 Å². The standard InChI is InChI=1S/C15H18N2O3S/c1-17(14(18)10-19-9-11-5-4-8-20-11)15-12-6-2-3-7-13(12)21-16-15/h2-3,6-7,11H,4-5,8-10H2,1H3. The number of hydrogen-bond donors (Lipinski definition) is 0. The number of carbonyl (C=O) groups is 1. The van der Waals surface area contributed by atoms with Crippen molar-refractivity contribution in [3.05, 3.63) is 24.3 Å². The summed E-state index contributed by atoms with van der Waals surface area (Å²) in [7, 11) is 1.74. The average molecular weight is 306 g/mol. The van der Waals surface area contributed by atoms with Gasteiger partial charge in [-0.1, -0.05) is 12.1 Å². The summed E-state index contributed by atoms with van der Waals surface area (Å²) in [6, 6.07) is 7.90. The van der Waals surface area contributed by atoms with E-state index in [1.54, 1.807) is 11.9 Å².